The van der Waals surface area contributed by atoms with E-state index in [-0.39, 0.29) is 11.9 Å². The highest BCUT2D eigenvalue weighted by Crippen LogP contribution is 2.24. The van der Waals surface area contributed by atoms with E-state index in [4.69, 9.17) is 9.47 Å². The van der Waals surface area contributed by atoms with Gasteiger partial charge in [0.15, 0.2) is 0 Å². The average Bonchev–Trinajstić information content (AvgIpc) is 3.14. The molecule has 8 nitrogen and oxygen atoms in total. The van der Waals surface area contributed by atoms with Crippen LogP contribution in [0.15, 0.2) is 24.5 Å². The summed E-state index contributed by atoms with van der Waals surface area (Å²) < 4.78 is 12.0. The van der Waals surface area contributed by atoms with Gasteiger partial charge < -0.3 is 14.4 Å². The molecule has 3 fully saturated rings. The molecule has 4 rings (SSSR count). The summed E-state index contributed by atoms with van der Waals surface area (Å²) >= 11 is 0. The summed E-state index contributed by atoms with van der Waals surface area (Å²) in [6.45, 7) is 6.21. The maximum absolute atomic E-state index is 12.8. The van der Waals surface area contributed by atoms with Gasteiger partial charge in [0.1, 0.15) is 11.6 Å². The van der Waals surface area contributed by atoms with Crippen LogP contribution in [0.4, 0.5) is 0 Å². The van der Waals surface area contributed by atoms with Gasteiger partial charge in [0.05, 0.1) is 26.4 Å². The fraction of sp³-hybridized carbons (Fsp3) is 0.667. The average molecular weight is 361 g/mol. The van der Waals surface area contributed by atoms with Crippen LogP contribution in [-0.2, 0) is 20.8 Å². The second kappa shape index (κ2) is 7.98. The lowest BCUT2D eigenvalue weighted by Crippen LogP contribution is -2.61. The highest BCUT2D eigenvalue weighted by atomic mass is 16.5. The Labute approximate surface area is 153 Å². The number of hydrogen-bond acceptors (Lipinski definition) is 7. The Kier molecular flexibility index (Phi) is 5.46. The molecule has 2 N–H and O–H groups in total. The van der Waals surface area contributed by atoms with Crippen LogP contribution in [-0.4, -0.2) is 84.9 Å². The number of carbonyl (C=O) groups excluding carboxylic acids is 1. The predicted molar refractivity (Wildman–Crippen MR) is 95.1 cm³/mol. The van der Waals surface area contributed by atoms with E-state index in [9.17, 15) is 4.79 Å². The topological polar surface area (TPSA) is 79.0 Å². The number of nitrogens with zero attached hydrogens (tertiary/aromatic N) is 3. The van der Waals surface area contributed by atoms with Gasteiger partial charge in [-0.15, -0.1) is 0 Å². The fourth-order valence-corrected chi connectivity index (χ4v) is 3.97. The summed E-state index contributed by atoms with van der Waals surface area (Å²) in [5, 5.41) is 0. The Morgan fingerprint density at radius 2 is 2.31 bits per heavy atom. The van der Waals surface area contributed by atoms with Crippen LogP contribution in [0.5, 0.6) is 0 Å². The Morgan fingerprint density at radius 1 is 1.35 bits per heavy atom. The number of hydrogen-bond donors (Lipinski definition) is 2. The summed E-state index contributed by atoms with van der Waals surface area (Å²) in [6, 6.07) is 3.91. The molecule has 142 valence electrons. The molecule has 0 saturated carbocycles. The maximum atomic E-state index is 12.8. The molecule has 1 aromatic heterocycles. The molecule has 2 atom stereocenters. The van der Waals surface area contributed by atoms with Crippen molar-refractivity contribution in [3.63, 3.8) is 0 Å². The summed E-state index contributed by atoms with van der Waals surface area (Å²) in [7, 11) is 0. The van der Waals surface area contributed by atoms with Crippen molar-refractivity contribution < 1.29 is 14.3 Å². The van der Waals surface area contributed by atoms with Crippen LogP contribution in [0.3, 0.4) is 0 Å². The molecule has 0 bridgehead atoms. The molecule has 1 aromatic rings. The molecule has 1 spiro atoms. The van der Waals surface area contributed by atoms with Gasteiger partial charge in [0.25, 0.3) is 0 Å². The molecule has 4 heterocycles. The van der Waals surface area contributed by atoms with Crippen molar-refractivity contribution >= 4 is 5.91 Å². The molecule has 0 aliphatic carbocycles. The summed E-state index contributed by atoms with van der Waals surface area (Å²) in [6.07, 6.45) is 4.51. The Hall–Kier alpha value is -1.58. The zero-order chi connectivity index (χ0) is 17.8. The highest BCUT2D eigenvalue weighted by molar-refractivity contribution is 5.82. The summed E-state index contributed by atoms with van der Waals surface area (Å²) in [5.41, 5.74) is 6.82. The van der Waals surface area contributed by atoms with Gasteiger partial charge in [-0.3, -0.25) is 20.1 Å². The highest BCUT2D eigenvalue weighted by Gasteiger charge is 2.42. The molecule has 26 heavy (non-hydrogen) atoms. The molecule has 8 heteroatoms. The number of pyridine rings is 1. The van der Waals surface area contributed by atoms with E-state index in [2.05, 4.69) is 26.8 Å². The Morgan fingerprint density at radius 3 is 3.12 bits per heavy atom. The van der Waals surface area contributed by atoms with Crippen LogP contribution < -0.4 is 10.9 Å². The number of rotatable bonds is 3. The number of aromatic nitrogens is 1. The molecule has 0 aromatic carbocycles. The van der Waals surface area contributed by atoms with Gasteiger partial charge in [0.2, 0.25) is 5.91 Å². The monoisotopic (exact) mass is 361 g/mol. The first-order valence-electron chi connectivity index (χ1n) is 9.34. The van der Waals surface area contributed by atoms with Crippen molar-refractivity contribution in [2.24, 2.45) is 0 Å². The smallest absolute Gasteiger partial charge is 0.241 e. The van der Waals surface area contributed by atoms with Gasteiger partial charge in [0, 0.05) is 45.1 Å². The Bertz CT molecular complexity index is 610. The normalized spacial score (nSPS) is 30.5. The fourth-order valence-electron chi connectivity index (χ4n) is 3.97. The standard InChI is InChI=1S/C18H27N5O3/c24-17(16-3-5-20-21-16)23-7-9-26-18(13-23)12-22(6-8-25-14-18)11-15-2-1-4-19-10-15/h1-2,4,10,16,20-21H,3,5-9,11-14H2. The number of carbonyl (C=O) groups is 1. The quantitative estimate of drug-likeness (QED) is 0.743. The predicted octanol–water partition coefficient (Wildman–Crippen LogP) is -0.622. The minimum absolute atomic E-state index is 0.136. The first kappa shape index (κ1) is 17.8. The lowest BCUT2D eigenvalue weighted by atomic mass is 10.0. The van der Waals surface area contributed by atoms with E-state index in [0.717, 1.165) is 32.6 Å². The molecule has 2 unspecified atom stereocenters. The van der Waals surface area contributed by atoms with E-state index in [1.54, 1.807) is 6.20 Å². The first-order valence-corrected chi connectivity index (χ1v) is 9.34. The number of nitrogens with one attached hydrogen (secondary N) is 2. The second-order valence-electron chi connectivity index (χ2n) is 7.33. The molecule has 3 saturated heterocycles. The summed E-state index contributed by atoms with van der Waals surface area (Å²) in [5.74, 6) is 0.153. The van der Waals surface area contributed by atoms with Crippen LogP contribution in [0.25, 0.3) is 0 Å². The van der Waals surface area contributed by atoms with Crippen molar-refractivity contribution in [3.8, 4) is 0 Å². The lowest BCUT2D eigenvalue weighted by Gasteiger charge is -2.44. The van der Waals surface area contributed by atoms with Crippen LogP contribution in [0.2, 0.25) is 0 Å². The summed E-state index contributed by atoms with van der Waals surface area (Å²) in [4.78, 5) is 21.3. The minimum atomic E-state index is -0.460. The third kappa shape index (κ3) is 4.05. The number of amides is 1. The van der Waals surface area contributed by atoms with Crippen molar-refractivity contribution in [2.45, 2.75) is 24.6 Å². The molecule has 0 radical (unpaired) electrons. The van der Waals surface area contributed by atoms with Crippen molar-refractivity contribution in [1.82, 2.24) is 25.6 Å². The zero-order valence-electron chi connectivity index (χ0n) is 15.0. The molecule has 3 aliphatic heterocycles. The van der Waals surface area contributed by atoms with Crippen LogP contribution in [0.1, 0.15) is 12.0 Å². The molecule has 1 amide bonds. The van der Waals surface area contributed by atoms with E-state index in [1.807, 2.05) is 17.2 Å². The maximum Gasteiger partial charge on any atom is 0.241 e. The zero-order valence-corrected chi connectivity index (χ0v) is 15.0. The van der Waals surface area contributed by atoms with E-state index < -0.39 is 5.60 Å². The third-order valence-electron chi connectivity index (χ3n) is 5.25. The number of morpholine rings is 1. The number of ether oxygens (including phenoxy) is 2. The van der Waals surface area contributed by atoms with Gasteiger partial charge in [-0.2, -0.15) is 0 Å². The largest absolute Gasteiger partial charge is 0.377 e. The first-order chi connectivity index (χ1) is 12.7. The third-order valence-corrected chi connectivity index (χ3v) is 5.25. The second-order valence-corrected chi connectivity index (χ2v) is 7.33. The minimum Gasteiger partial charge on any atom is -0.377 e. The van der Waals surface area contributed by atoms with Crippen molar-refractivity contribution in [1.29, 1.82) is 0 Å². The van der Waals surface area contributed by atoms with Crippen LogP contribution >= 0.6 is 0 Å². The number of hydrazine groups is 1. The van der Waals surface area contributed by atoms with Crippen molar-refractivity contribution in [2.75, 3.05) is 52.5 Å². The molecular formula is C18H27N5O3. The van der Waals surface area contributed by atoms with Crippen LogP contribution in [0, 0.1) is 0 Å². The van der Waals surface area contributed by atoms with Gasteiger partial charge in [-0.05, 0) is 18.1 Å². The van der Waals surface area contributed by atoms with Gasteiger partial charge in [-0.25, -0.2) is 5.43 Å². The lowest BCUT2D eigenvalue weighted by molar-refractivity contribution is -0.163. The molecular weight excluding hydrogens is 334 g/mol. The Balaban J connectivity index is 1.44. The van der Waals surface area contributed by atoms with E-state index >= 15 is 0 Å². The van der Waals surface area contributed by atoms with Gasteiger partial charge in [-0.1, -0.05) is 6.07 Å². The van der Waals surface area contributed by atoms with Crippen molar-refractivity contribution in [3.05, 3.63) is 30.1 Å². The van der Waals surface area contributed by atoms with E-state index in [0.29, 0.717) is 32.9 Å². The SMILES string of the molecule is O=C(C1CCNN1)N1CCOC2(COCCN(Cc3cccnc3)C2)C1. The van der Waals surface area contributed by atoms with Gasteiger partial charge >= 0.3 is 0 Å². The molecule has 3 aliphatic rings. The van der Waals surface area contributed by atoms with E-state index in [1.165, 1.54) is 5.56 Å².